The number of carbonyl (C=O) groups excluding carboxylic acids is 1. The van der Waals surface area contributed by atoms with Crippen LogP contribution in [0.4, 0.5) is 24.5 Å². The first-order valence-corrected chi connectivity index (χ1v) is 10.2. The normalized spacial score (nSPS) is 15.6. The number of nitrogens with zero attached hydrogens (tertiary/aromatic N) is 2. The number of thiocarbonyl (C=S) groups is 1. The van der Waals surface area contributed by atoms with Gasteiger partial charge in [-0.1, -0.05) is 30.0 Å². The molecule has 1 aromatic heterocycles. The van der Waals surface area contributed by atoms with Crippen LogP contribution in [0.25, 0.3) is 17.4 Å². The molecule has 0 saturated carbocycles. The fourth-order valence-corrected chi connectivity index (χ4v) is 4.25. The van der Waals surface area contributed by atoms with E-state index >= 15 is 0 Å². The highest BCUT2D eigenvalue weighted by Crippen LogP contribution is 2.39. The topological polar surface area (TPSA) is 76.6 Å². The summed E-state index contributed by atoms with van der Waals surface area (Å²) in [7, 11) is 0. The molecule has 1 fully saturated rings. The Morgan fingerprint density at radius 3 is 2.47 bits per heavy atom. The Bertz CT molecular complexity index is 1270. The fraction of sp³-hybridized carbons (Fsp3) is 0.0476. The minimum atomic E-state index is -4.55. The molecule has 0 bridgehead atoms. The summed E-state index contributed by atoms with van der Waals surface area (Å²) in [4.78, 5) is 24.3. The van der Waals surface area contributed by atoms with E-state index in [2.05, 4.69) is 0 Å². The molecule has 1 saturated heterocycles. The monoisotopic (exact) mass is 476 g/mol. The molecule has 0 unspecified atom stereocenters. The molecule has 11 heteroatoms. The zero-order valence-electron chi connectivity index (χ0n) is 15.8. The molecule has 0 radical (unpaired) electrons. The highest BCUT2D eigenvalue weighted by molar-refractivity contribution is 8.27. The van der Waals surface area contributed by atoms with Crippen LogP contribution in [0.2, 0.25) is 0 Å². The van der Waals surface area contributed by atoms with Crippen LogP contribution < -0.4 is 4.90 Å². The number of non-ortho nitro benzene ring substituents is 1. The summed E-state index contributed by atoms with van der Waals surface area (Å²) in [6.07, 6.45) is -3.10. The predicted molar refractivity (Wildman–Crippen MR) is 118 cm³/mol. The summed E-state index contributed by atoms with van der Waals surface area (Å²) < 4.78 is 44.9. The van der Waals surface area contributed by atoms with Gasteiger partial charge in [0.05, 0.1) is 21.1 Å². The average Bonchev–Trinajstić information content (AvgIpc) is 3.32. The van der Waals surface area contributed by atoms with Crippen LogP contribution in [0.3, 0.4) is 0 Å². The molecule has 0 N–H and O–H groups in total. The second-order valence-electron chi connectivity index (χ2n) is 6.57. The standard InChI is InChI=1S/C21H11F3N2O4S2/c22-21(23,24)13-2-1-3-15(10-13)25-19(27)18(32-20(25)31)11-16-8-9-17(30-16)12-4-6-14(7-5-12)26(28)29/h1-11H. The molecule has 6 nitrogen and oxygen atoms in total. The van der Waals surface area contributed by atoms with Gasteiger partial charge in [0.25, 0.3) is 11.6 Å². The first-order chi connectivity index (χ1) is 15.1. The van der Waals surface area contributed by atoms with E-state index in [0.717, 1.165) is 28.8 Å². The molecule has 1 aliphatic rings. The van der Waals surface area contributed by atoms with Gasteiger partial charge < -0.3 is 4.42 Å². The van der Waals surface area contributed by atoms with E-state index in [0.29, 0.717) is 17.1 Å². The van der Waals surface area contributed by atoms with Crippen molar-refractivity contribution in [3.8, 4) is 11.3 Å². The highest BCUT2D eigenvalue weighted by Gasteiger charge is 2.36. The number of alkyl halides is 3. The molecule has 0 spiro atoms. The first kappa shape index (κ1) is 21.8. The number of benzene rings is 2. The van der Waals surface area contributed by atoms with Gasteiger partial charge in [0.1, 0.15) is 11.5 Å². The van der Waals surface area contributed by atoms with E-state index in [4.69, 9.17) is 16.6 Å². The van der Waals surface area contributed by atoms with Crippen LogP contribution in [0.5, 0.6) is 0 Å². The zero-order valence-corrected chi connectivity index (χ0v) is 17.5. The maximum Gasteiger partial charge on any atom is 0.416 e. The Kier molecular flexibility index (Phi) is 5.61. The van der Waals surface area contributed by atoms with Crippen molar-refractivity contribution in [2.45, 2.75) is 6.18 Å². The van der Waals surface area contributed by atoms with Crippen LogP contribution in [0.15, 0.2) is 70.0 Å². The molecule has 32 heavy (non-hydrogen) atoms. The number of rotatable bonds is 4. The summed E-state index contributed by atoms with van der Waals surface area (Å²) in [5, 5.41) is 10.8. The van der Waals surface area contributed by atoms with E-state index in [-0.39, 0.29) is 20.6 Å². The van der Waals surface area contributed by atoms with Gasteiger partial charge in [-0.3, -0.25) is 19.8 Å². The summed E-state index contributed by atoms with van der Waals surface area (Å²) in [6, 6.07) is 13.4. The van der Waals surface area contributed by atoms with Crippen molar-refractivity contribution >= 4 is 51.7 Å². The largest absolute Gasteiger partial charge is 0.457 e. The number of thioether (sulfide) groups is 1. The first-order valence-electron chi connectivity index (χ1n) is 8.93. The Labute approximate surface area is 188 Å². The minimum Gasteiger partial charge on any atom is -0.457 e. The number of hydrogen-bond donors (Lipinski definition) is 0. The Morgan fingerprint density at radius 1 is 1.09 bits per heavy atom. The average molecular weight is 476 g/mol. The van der Waals surface area contributed by atoms with Gasteiger partial charge in [-0.15, -0.1) is 0 Å². The highest BCUT2D eigenvalue weighted by atomic mass is 32.2. The van der Waals surface area contributed by atoms with Crippen LogP contribution in [0.1, 0.15) is 11.3 Å². The number of furan rings is 1. The molecule has 162 valence electrons. The number of anilines is 1. The van der Waals surface area contributed by atoms with Crippen molar-refractivity contribution in [2.75, 3.05) is 4.90 Å². The number of halogens is 3. The molecular formula is C21H11F3N2O4S2. The summed E-state index contributed by atoms with van der Waals surface area (Å²) in [6.45, 7) is 0. The summed E-state index contributed by atoms with van der Waals surface area (Å²) >= 11 is 6.15. The quantitative estimate of drug-likeness (QED) is 0.191. The second-order valence-corrected chi connectivity index (χ2v) is 8.25. The smallest absolute Gasteiger partial charge is 0.416 e. The van der Waals surface area contributed by atoms with E-state index in [1.165, 1.54) is 42.5 Å². The molecule has 0 atom stereocenters. The van der Waals surface area contributed by atoms with Crippen molar-refractivity contribution in [3.05, 3.63) is 87.0 Å². The van der Waals surface area contributed by atoms with Crippen molar-refractivity contribution in [1.82, 2.24) is 0 Å². The lowest BCUT2D eigenvalue weighted by Crippen LogP contribution is -2.27. The van der Waals surface area contributed by atoms with Crippen molar-refractivity contribution in [2.24, 2.45) is 0 Å². The van der Waals surface area contributed by atoms with Crippen LogP contribution in [0, 0.1) is 10.1 Å². The number of nitro benzene ring substituents is 1. The maximum absolute atomic E-state index is 13.0. The Balaban J connectivity index is 1.58. The third kappa shape index (κ3) is 4.30. The van der Waals surface area contributed by atoms with Crippen LogP contribution in [-0.2, 0) is 11.0 Å². The molecule has 2 heterocycles. The number of nitro groups is 1. The zero-order chi connectivity index (χ0) is 23.0. The molecule has 0 aliphatic carbocycles. The fourth-order valence-electron chi connectivity index (χ4n) is 2.97. The number of amides is 1. The Morgan fingerprint density at radius 2 is 1.81 bits per heavy atom. The molecule has 3 aromatic rings. The molecule has 1 amide bonds. The lowest BCUT2D eigenvalue weighted by Gasteiger charge is -2.16. The SMILES string of the molecule is O=C1C(=Cc2ccc(-c3ccc([N+](=O)[O-])cc3)o2)SC(=S)N1c1cccc(C(F)(F)F)c1. The van der Waals surface area contributed by atoms with Crippen molar-refractivity contribution in [3.63, 3.8) is 0 Å². The van der Waals surface area contributed by atoms with Crippen LogP contribution >= 0.6 is 24.0 Å². The molecular weight excluding hydrogens is 465 g/mol. The van der Waals surface area contributed by atoms with Gasteiger partial charge in [-0.05, 0) is 42.5 Å². The maximum atomic E-state index is 13.0. The third-order valence-electron chi connectivity index (χ3n) is 4.49. The summed E-state index contributed by atoms with van der Waals surface area (Å²) in [5.41, 5.74) is -0.311. The van der Waals surface area contributed by atoms with Gasteiger partial charge >= 0.3 is 6.18 Å². The van der Waals surface area contributed by atoms with Crippen molar-refractivity contribution < 1.29 is 27.3 Å². The molecule has 2 aromatic carbocycles. The van der Waals surface area contributed by atoms with Gasteiger partial charge in [0.15, 0.2) is 4.32 Å². The Hall–Kier alpha value is -3.44. The lowest BCUT2D eigenvalue weighted by atomic mass is 10.1. The lowest BCUT2D eigenvalue weighted by molar-refractivity contribution is -0.384. The van der Waals surface area contributed by atoms with Gasteiger partial charge in [0, 0.05) is 23.8 Å². The van der Waals surface area contributed by atoms with Gasteiger partial charge in [-0.2, -0.15) is 13.2 Å². The van der Waals surface area contributed by atoms with E-state index in [1.807, 2.05) is 0 Å². The summed E-state index contributed by atoms with van der Waals surface area (Å²) in [5.74, 6) is 0.190. The number of carbonyl (C=O) groups is 1. The van der Waals surface area contributed by atoms with Gasteiger partial charge in [0.2, 0.25) is 0 Å². The minimum absolute atomic E-state index is 0.0248. The van der Waals surface area contributed by atoms with E-state index in [1.54, 1.807) is 12.1 Å². The second kappa shape index (κ2) is 8.24. The van der Waals surface area contributed by atoms with Crippen LogP contribution in [-0.4, -0.2) is 15.2 Å². The molecule has 4 rings (SSSR count). The third-order valence-corrected chi connectivity index (χ3v) is 5.79. The number of hydrogen-bond acceptors (Lipinski definition) is 6. The van der Waals surface area contributed by atoms with E-state index in [9.17, 15) is 28.1 Å². The van der Waals surface area contributed by atoms with Crippen molar-refractivity contribution in [1.29, 1.82) is 0 Å². The van der Waals surface area contributed by atoms with Gasteiger partial charge in [-0.25, -0.2) is 0 Å². The molecule has 1 aliphatic heterocycles. The van der Waals surface area contributed by atoms with E-state index < -0.39 is 22.6 Å². The predicted octanol–water partition coefficient (Wildman–Crippen LogP) is 6.28.